The normalized spacial score (nSPS) is 11.6. The lowest BCUT2D eigenvalue weighted by Crippen LogP contribution is -1.89. The molecule has 35 heavy (non-hydrogen) atoms. The lowest BCUT2D eigenvalue weighted by Gasteiger charge is -2.16. The molecule has 0 atom stereocenters. The van der Waals surface area contributed by atoms with Crippen molar-refractivity contribution in [3.05, 3.63) is 132 Å². The van der Waals surface area contributed by atoms with Crippen molar-refractivity contribution in [2.75, 3.05) is 0 Å². The van der Waals surface area contributed by atoms with Gasteiger partial charge in [0.05, 0.1) is 0 Å². The van der Waals surface area contributed by atoms with Crippen LogP contribution in [0.2, 0.25) is 5.02 Å². The maximum Gasteiger partial charge on any atom is 0.0412 e. The summed E-state index contributed by atoms with van der Waals surface area (Å²) in [6.45, 7) is 0. The molecule has 0 aliphatic rings. The molecule has 0 heterocycles. The van der Waals surface area contributed by atoms with E-state index in [0.717, 1.165) is 10.6 Å². The summed E-state index contributed by atoms with van der Waals surface area (Å²) >= 11 is 6.58. The van der Waals surface area contributed by atoms with E-state index in [9.17, 15) is 0 Å². The minimum absolute atomic E-state index is 0.742. The summed E-state index contributed by atoms with van der Waals surface area (Å²) in [7, 11) is 0. The summed E-state index contributed by atoms with van der Waals surface area (Å²) in [5.74, 6) is 0. The summed E-state index contributed by atoms with van der Waals surface area (Å²) in [6.07, 6.45) is 0. The number of fused-ring (bicyclic) bond motifs is 6. The molecule has 164 valence electrons. The molecular weight excluding hydrogens is 444 g/mol. The van der Waals surface area contributed by atoms with Crippen LogP contribution in [0.3, 0.4) is 0 Å². The maximum atomic E-state index is 6.58. The predicted octanol–water partition coefficient (Wildman–Crippen LogP) is 10.3. The Morgan fingerprint density at radius 3 is 1.74 bits per heavy atom. The second-order valence-corrected chi connectivity index (χ2v) is 9.54. The van der Waals surface area contributed by atoms with Crippen molar-refractivity contribution in [1.29, 1.82) is 0 Å². The Hall–Kier alpha value is -4.13. The van der Waals surface area contributed by atoms with E-state index in [0.29, 0.717) is 0 Å². The van der Waals surface area contributed by atoms with Crippen LogP contribution in [0.5, 0.6) is 0 Å². The molecule has 0 N–H and O–H groups in total. The molecule has 0 nitrogen and oxygen atoms in total. The minimum atomic E-state index is 0.742. The monoisotopic (exact) mass is 464 g/mol. The summed E-state index contributed by atoms with van der Waals surface area (Å²) in [6, 6.07) is 45.7. The standard InChI is InChI=1S/C34H21Cl/c35-26-17-18-31(34-20-24-8-2-4-10-28(24)29-11-5-6-12-30(29)34)33(21-26)25-16-15-23-14-13-22-7-1-3-9-27(22)32(23)19-25/h1-21H. The first-order valence-electron chi connectivity index (χ1n) is 11.9. The maximum absolute atomic E-state index is 6.58. The summed E-state index contributed by atoms with van der Waals surface area (Å²) < 4.78 is 0. The van der Waals surface area contributed by atoms with Gasteiger partial charge in [0, 0.05) is 5.02 Å². The molecule has 0 bridgehead atoms. The van der Waals surface area contributed by atoms with Gasteiger partial charge >= 0.3 is 0 Å². The number of hydrogen-bond donors (Lipinski definition) is 0. The van der Waals surface area contributed by atoms with Crippen LogP contribution >= 0.6 is 11.6 Å². The first kappa shape index (κ1) is 20.3. The fourth-order valence-corrected chi connectivity index (χ4v) is 5.61. The molecule has 1 heteroatoms. The van der Waals surface area contributed by atoms with Crippen LogP contribution in [0.4, 0.5) is 0 Å². The molecule has 0 saturated heterocycles. The van der Waals surface area contributed by atoms with Crippen LogP contribution in [-0.4, -0.2) is 0 Å². The molecule has 7 rings (SSSR count). The van der Waals surface area contributed by atoms with E-state index in [-0.39, 0.29) is 0 Å². The van der Waals surface area contributed by atoms with E-state index < -0.39 is 0 Å². The van der Waals surface area contributed by atoms with Crippen molar-refractivity contribution in [3.63, 3.8) is 0 Å². The molecule has 0 saturated carbocycles. The lowest BCUT2D eigenvalue weighted by atomic mass is 9.88. The van der Waals surface area contributed by atoms with E-state index in [4.69, 9.17) is 11.6 Å². The third-order valence-corrected chi connectivity index (χ3v) is 7.33. The van der Waals surface area contributed by atoms with Crippen LogP contribution in [0, 0.1) is 0 Å². The molecule has 0 amide bonds. The average molecular weight is 465 g/mol. The van der Waals surface area contributed by atoms with E-state index >= 15 is 0 Å². The SMILES string of the molecule is Clc1ccc(-c2cc3ccccc3c3ccccc23)c(-c2ccc3ccc4ccccc4c3c2)c1. The quantitative estimate of drug-likeness (QED) is 0.223. The van der Waals surface area contributed by atoms with Crippen LogP contribution in [-0.2, 0) is 0 Å². The fraction of sp³-hybridized carbons (Fsp3) is 0. The van der Waals surface area contributed by atoms with Gasteiger partial charge in [0.2, 0.25) is 0 Å². The third kappa shape index (κ3) is 3.30. The van der Waals surface area contributed by atoms with Crippen LogP contribution in [0.15, 0.2) is 127 Å². The Labute approximate surface area is 209 Å². The van der Waals surface area contributed by atoms with Gasteiger partial charge in [0.15, 0.2) is 0 Å². The van der Waals surface area contributed by atoms with E-state index in [1.165, 1.54) is 59.8 Å². The number of halogens is 1. The Bertz CT molecular complexity index is 1910. The van der Waals surface area contributed by atoms with Gasteiger partial charge in [-0.3, -0.25) is 0 Å². The van der Waals surface area contributed by atoms with Gasteiger partial charge in [0.25, 0.3) is 0 Å². The molecule has 0 aliphatic heterocycles. The average Bonchev–Trinajstić information content (AvgIpc) is 2.92. The zero-order chi connectivity index (χ0) is 23.4. The van der Waals surface area contributed by atoms with Gasteiger partial charge in [-0.25, -0.2) is 0 Å². The Kier molecular flexibility index (Phi) is 4.62. The van der Waals surface area contributed by atoms with E-state index in [1.54, 1.807) is 0 Å². The lowest BCUT2D eigenvalue weighted by molar-refractivity contribution is 1.62. The molecule has 7 aromatic rings. The number of rotatable bonds is 2. The van der Waals surface area contributed by atoms with E-state index in [1.807, 2.05) is 6.07 Å². The highest BCUT2D eigenvalue weighted by molar-refractivity contribution is 6.31. The first-order chi connectivity index (χ1) is 17.3. The van der Waals surface area contributed by atoms with E-state index in [2.05, 4.69) is 121 Å². The minimum Gasteiger partial charge on any atom is -0.0843 e. The molecular formula is C34H21Cl. The molecule has 0 radical (unpaired) electrons. The van der Waals surface area contributed by atoms with Crippen LogP contribution in [0.25, 0.3) is 65.3 Å². The smallest absolute Gasteiger partial charge is 0.0412 e. The molecule has 7 aromatic carbocycles. The number of hydrogen-bond acceptors (Lipinski definition) is 0. The molecule has 0 fully saturated rings. The summed E-state index contributed by atoms with van der Waals surface area (Å²) in [5, 5.41) is 10.8. The third-order valence-electron chi connectivity index (χ3n) is 7.10. The van der Waals surface area contributed by atoms with Crippen molar-refractivity contribution in [1.82, 2.24) is 0 Å². The van der Waals surface area contributed by atoms with Gasteiger partial charge in [-0.05, 0) is 89.6 Å². The Morgan fingerprint density at radius 1 is 0.343 bits per heavy atom. The zero-order valence-corrected chi connectivity index (χ0v) is 19.8. The van der Waals surface area contributed by atoms with Crippen molar-refractivity contribution < 1.29 is 0 Å². The van der Waals surface area contributed by atoms with Crippen molar-refractivity contribution in [2.45, 2.75) is 0 Å². The van der Waals surface area contributed by atoms with Crippen molar-refractivity contribution in [2.24, 2.45) is 0 Å². The molecule has 0 aromatic heterocycles. The molecule has 0 unspecified atom stereocenters. The highest BCUT2D eigenvalue weighted by atomic mass is 35.5. The van der Waals surface area contributed by atoms with Crippen LogP contribution < -0.4 is 0 Å². The van der Waals surface area contributed by atoms with Gasteiger partial charge in [-0.15, -0.1) is 0 Å². The topological polar surface area (TPSA) is 0 Å². The largest absolute Gasteiger partial charge is 0.0843 e. The second-order valence-electron chi connectivity index (χ2n) is 9.10. The van der Waals surface area contributed by atoms with Gasteiger partial charge in [-0.2, -0.15) is 0 Å². The first-order valence-corrected chi connectivity index (χ1v) is 12.3. The van der Waals surface area contributed by atoms with Crippen LogP contribution in [0.1, 0.15) is 0 Å². The molecule has 0 aliphatic carbocycles. The summed E-state index contributed by atoms with van der Waals surface area (Å²) in [4.78, 5) is 0. The van der Waals surface area contributed by atoms with Gasteiger partial charge in [-0.1, -0.05) is 115 Å². The van der Waals surface area contributed by atoms with Crippen molar-refractivity contribution >= 4 is 54.7 Å². The van der Waals surface area contributed by atoms with Gasteiger partial charge in [0.1, 0.15) is 0 Å². The van der Waals surface area contributed by atoms with Crippen molar-refractivity contribution in [3.8, 4) is 22.3 Å². The highest BCUT2D eigenvalue weighted by Gasteiger charge is 2.14. The molecule has 0 spiro atoms. The van der Waals surface area contributed by atoms with Gasteiger partial charge < -0.3 is 0 Å². The zero-order valence-electron chi connectivity index (χ0n) is 19.0. The fourth-order valence-electron chi connectivity index (χ4n) is 5.44. The number of benzene rings is 7. The predicted molar refractivity (Wildman–Crippen MR) is 152 cm³/mol. The second kappa shape index (κ2) is 7.98. The Morgan fingerprint density at radius 2 is 0.943 bits per heavy atom. The summed E-state index contributed by atoms with van der Waals surface area (Å²) in [5.41, 5.74) is 4.73. The Balaban J connectivity index is 1.55. The highest BCUT2D eigenvalue weighted by Crippen LogP contribution is 2.41.